The van der Waals surface area contributed by atoms with Gasteiger partial charge in [0, 0.05) is 30.0 Å². The topological polar surface area (TPSA) is 141 Å². The van der Waals surface area contributed by atoms with Gasteiger partial charge in [0.15, 0.2) is 11.5 Å². The minimum Gasteiger partial charge on any atom is -0.454 e. The van der Waals surface area contributed by atoms with Crippen LogP contribution in [-0.2, 0) is 9.63 Å². The fraction of sp³-hybridized carbons (Fsp3) is 0.375. The summed E-state index contributed by atoms with van der Waals surface area (Å²) in [6.45, 7) is 1.54. The number of fused-ring (bicyclic) bond motifs is 2. The average Bonchev–Trinajstić information content (AvgIpc) is 3.22. The highest BCUT2D eigenvalue weighted by Crippen LogP contribution is 2.35. The number of carbonyl (C=O) groups excluding carboxylic acids is 2. The van der Waals surface area contributed by atoms with Crippen LogP contribution < -0.4 is 20.5 Å². The Hall–Kier alpha value is -3.93. The van der Waals surface area contributed by atoms with Gasteiger partial charge in [-0.25, -0.2) is 9.97 Å². The number of hydrogen-bond acceptors (Lipinski definition) is 10. The number of benzene rings is 1. The van der Waals surface area contributed by atoms with Gasteiger partial charge in [-0.1, -0.05) is 5.16 Å². The number of nitrogens with two attached hydrogens (primary N) is 1. The van der Waals surface area contributed by atoms with Crippen LogP contribution in [0.15, 0.2) is 29.4 Å². The summed E-state index contributed by atoms with van der Waals surface area (Å²) in [5.74, 6) is 1.26. The molecule has 0 atom stereocenters. The SMILES string of the molecule is Nc1nc(C(=NOCCN2CCCC2=O)c2ccc3c(c2)OCO3)c2cc(C(=O)NC3CC3)sc2n1. The molecule has 186 valence electrons. The second-order valence-electron chi connectivity index (χ2n) is 8.83. The van der Waals surface area contributed by atoms with Crippen LogP contribution >= 0.6 is 11.3 Å². The normalized spacial score (nSPS) is 17.2. The summed E-state index contributed by atoms with van der Waals surface area (Å²) in [7, 11) is 0. The van der Waals surface area contributed by atoms with E-state index in [2.05, 4.69) is 20.4 Å². The maximum absolute atomic E-state index is 12.7. The highest BCUT2D eigenvalue weighted by molar-refractivity contribution is 7.20. The highest BCUT2D eigenvalue weighted by atomic mass is 32.1. The van der Waals surface area contributed by atoms with Gasteiger partial charge in [0.2, 0.25) is 18.6 Å². The molecular weight excluding hydrogens is 484 g/mol. The maximum Gasteiger partial charge on any atom is 0.261 e. The van der Waals surface area contributed by atoms with E-state index >= 15 is 0 Å². The van der Waals surface area contributed by atoms with E-state index in [1.165, 1.54) is 11.3 Å². The van der Waals surface area contributed by atoms with E-state index in [1.807, 2.05) is 6.07 Å². The third-order valence-corrected chi connectivity index (χ3v) is 7.22. The summed E-state index contributed by atoms with van der Waals surface area (Å²) in [6, 6.07) is 7.42. The lowest BCUT2D eigenvalue weighted by molar-refractivity contribution is -0.128. The van der Waals surface area contributed by atoms with Crippen LogP contribution in [0.3, 0.4) is 0 Å². The quantitative estimate of drug-likeness (QED) is 0.268. The van der Waals surface area contributed by atoms with Gasteiger partial charge in [-0.3, -0.25) is 9.59 Å². The molecular formula is C24H24N6O5S. The Labute approximate surface area is 210 Å². The van der Waals surface area contributed by atoms with Crippen LogP contribution in [0.2, 0.25) is 0 Å². The number of oxime groups is 1. The number of rotatable bonds is 8. The third kappa shape index (κ3) is 4.51. The van der Waals surface area contributed by atoms with Crippen molar-refractivity contribution >= 4 is 45.0 Å². The molecule has 2 aromatic heterocycles. The number of thiophene rings is 1. The highest BCUT2D eigenvalue weighted by Gasteiger charge is 2.27. The second-order valence-corrected chi connectivity index (χ2v) is 9.86. The van der Waals surface area contributed by atoms with Crippen LogP contribution in [0, 0.1) is 0 Å². The minimum absolute atomic E-state index is 0.0598. The molecule has 11 nitrogen and oxygen atoms in total. The first-order chi connectivity index (χ1) is 17.5. The summed E-state index contributed by atoms with van der Waals surface area (Å²) in [5, 5.41) is 8.06. The Morgan fingerprint density at radius 2 is 2.11 bits per heavy atom. The summed E-state index contributed by atoms with van der Waals surface area (Å²) < 4.78 is 11.0. The molecule has 2 fully saturated rings. The maximum atomic E-state index is 12.7. The van der Waals surface area contributed by atoms with E-state index in [0.29, 0.717) is 56.5 Å². The number of hydrogen-bond donors (Lipinski definition) is 2. The molecule has 1 aromatic carbocycles. The van der Waals surface area contributed by atoms with Crippen LogP contribution in [0.1, 0.15) is 46.6 Å². The number of nitrogens with zero attached hydrogens (tertiary/aromatic N) is 4. The molecule has 2 aliphatic heterocycles. The molecule has 36 heavy (non-hydrogen) atoms. The van der Waals surface area contributed by atoms with Crippen LogP contribution in [0.5, 0.6) is 11.5 Å². The van der Waals surface area contributed by atoms with Crippen molar-refractivity contribution in [3.63, 3.8) is 0 Å². The van der Waals surface area contributed by atoms with Crippen molar-refractivity contribution in [3.8, 4) is 11.5 Å². The zero-order valence-corrected chi connectivity index (χ0v) is 20.2. The molecule has 0 spiro atoms. The number of ether oxygens (including phenoxy) is 2. The van der Waals surface area contributed by atoms with Crippen molar-refractivity contribution in [2.45, 2.75) is 31.7 Å². The Kier molecular flexibility index (Phi) is 5.80. The molecule has 12 heteroatoms. The zero-order chi connectivity index (χ0) is 24.6. The number of nitrogen functional groups attached to an aromatic ring is 1. The van der Waals surface area contributed by atoms with Crippen LogP contribution in [-0.4, -0.2) is 64.9 Å². The summed E-state index contributed by atoms with van der Waals surface area (Å²) >= 11 is 1.25. The van der Waals surface area contributed by atoms with Crippen molar-refractivity contribution in [1.82, 2.24) is 20.2 Å². The molecule has 2 amide bonds. The Morgan fingerprint density at radius 3 is 2.92 bits per heavy atom. The number of amides is 2. The van der Waals surface area contributed by atoms with E-state index in [0.717, 1.165) is 25.8 Å². The zero-order valence-electron chi connectivity index (χ0n) is 19.4. The van der Waals surface area contributed by atoms with Gasteiger partial charge in [0.05, 0.1) is 11.4 Å². The second kappa shape index (κ2) is 9.26. The Bertz CT molecular complexity index is 1380. The smallest absolute Gasteiger partial charge is 0.261 e. The van der Waals surface area contributed by atoms with E-state index < -0.39 is 0 Å². The van der Waals surface area contributed by atoms with Crippen molar-refractivity contribution in [2.75, 3.05) is 32.2 Å². The first-order valence-corrected chi connectivity index (χ1v) is 12.6. The number of carbonyl (C=O) groups is 2. The van der Waals surface area contributed by atoms with Gasteiger partial charge in [0.25, 0.3) is 5.91 Å². The molecule has 3 aromatic rings. The number of likely N-dealkylation sites (tertiary alicyclic amines) is 1. The average molecular weight is 509 g/mol. The van der Waals surface area contributed by atoms with Crippen molar-refractivity contribution < 1.29 is 23.9 Å². The van der Waals surface area contributed by atoms with Gasteiger partial charge >= 0.3 is 0 Å². The monoisotopic (exact) mass is 508 g/mol. The van der Waals surface area contributed by atoms with Gasteiger partial charge < -0.3 is 30.3 Å². The number of nitrogens with one attached hydrogen (secondary N) is 1. The largest absolute Gasteiger partial charge is 0.454 e. The van der Waals surface area contributed by atoms with E-state index in [1.54, 1.807) is 23.1 Å². The molecule has 6 rings (SSSR count). The fourth-order valence-electron chi connectivity index (χ4n) is 4.19. The van der Waals surface area contributed by atoms with Crippen LogP contribution in [0.4, 0.5) is 5.95 Å². The van der Waals surface area contributed by atoms with E-state index in [9.17, 15) is 9.59 Å². The predicted molar refractivity (Wildman–Crippen MR) is 132 cm³/mol. The Morgan fingerprint density at radius 1 is 1.25 bits per heavy atom. The lowest BCUT2D eigenvalue weighted by atomic mass is 10.0. The molecule has 1 saturated heterocycles. The van der Waals surface area contributed by atoms with Crippen molar-refractivity contribution in [3.05, 3.63) is 40.4 Å². The molecule has 3 aliphatic rings. The predicted octanol–water partition coefficient (Wildman–Crippen LogP) is 2.29. The van der Waals surface area contributed by atoms with Gasteiger partial charge in [0.1, 0.15) is 22.8 Å². The van der Waals surface area contributed by atoms with Crippen molar-refractivity contribution in [1.29, 1.82) is 0 Å². The standard InChI is InChI=1S/C24H24N6O5S/c25-24-27-21(15-11-18(36-23(15)28-24)22(32)26-14-4-5-14)20(13-3-6-16-17(10-13)34-12-33-16)29-35-9-8-30-7-1-2-19(30)31/h3,6,10-11,14H,1-2,4-5,7-9,12H2,(H,26,32)(H2,25,27,28). The molecule has 1 aliphatic carbocycles. The van der Waals surface area contributed by atoms with E-state index in [-0.39, 0.29) is 37.2 Å². The van der Waals surface area contributed by atoms with Crippen LogP contribution in [0.25, 0.3) is 10.2 Å². The van der Waals surface area contributed by atoms with Gasteiger partial charge in [-0.15, -0.1) is 11.3 Å². The summed E-state index contributed by atoms with van der Waals surface area (Å²) in [6.07, 6.45) is 3.42. The molecule has 3 N–H and O–H groups in total. The van der Waals surface area contributed by atoms with E-state index in [4.69, 9.17) is 20.0 Å². The molecule has 4 heterocycles. The summed E-state index contributed by atoms with van der Waals surface area (Å²) in [4.78, 5) is 42.0. The summed E-state index contributed by atoms with van der Waals surface area (Å²) in [5.41, 5.74) is 7.58. The lowest BCUT2D eigenvalue weighted by Crippen LogP contribution is -2.28. The number of anilines is 1. The first kappa shape index (κ1) is 22.5. The minimum atomic E-state index is -0.141. The van der Waals surface area contributed by atoms with Gasteiger partial charge in [-0.05, 0) is 43.5 Å². The number of aromatic nitrogens is 2. The molecule has 0 unspecified atom stereocenters. The van der Waals surface area contributed by atoms with Gasteiger partial charge in [-0.2, -0.15) is 0 Å². The molecule has 1 saturated carbocycles. The lowest BCUT2D eigenvalue weighted by Gasteiger charge is -2.14. The van der Waals surface area contributed by atoms with Crippen molar-refractivity contribution in [2.24, 2.45) is 5.16 Å². The fourth-order valence-corrected chi connectivity index (χ4v) is 5.13. The third-order valence-electron chi connectivity index (χ3n) is 6.20. The molecule has 0 radical (unpaired) electrons. The first-order valence-electron chi connectivity index (χ1n) is 11.8. The molecule has 0 bridgehead atoms. The Balaban J connectivity index is 1.36.